The number of aromatic nitrogens is 1. The Morgan fingerprint density at radius 1 is 1.18 bits per heavy atom. The molecule has 0 spiro atoms. The van der Waals surface area contributed by atoms with Gasteiger partial charge in [0.05, 0.1) is 12.6 Å². The van der Waals surface area contributed by atoms with Gasteiger partial charge in [-0.15, -0.1) is 0 Å². The minimum absolute atomic E-state index is 0.00631. The van der Waals surface area contributed by atoms with E-state index in [4.69, 9.17) is 4.42 Å². The van der Waals surface area contributed by atoms with Crippen LogP contribution in [0.2, 0.25) is 0 Å². The zero-order valence-corrected chi connectivity index (χ0v) is 15.9. The van der Waals surface area contributed by atoms with Crippen LogP contribution in [0, 0.1) is 5.82 Å². The molecule has 4 rings (SSSR count). The summed E-state index contributed by atoms with van der Waals surface area (Å²) in [7, 11) is 0. The van der Waals surface area contributed by atoms with E-state index in [0.717, 1.165) is 30.8 Å². The zero-order chi connectivity index (χ0) is 19.5. The van der Waals surface area contributed by atoms with Crippen LogP contribution in [-0.4, -0.2) is 28.5 Å². The Bertz CT molecular complexity index is 945. The Hall–Kier alpha value is -2.86. The zero-order valence-electron chi connectivity index (χ0n) is 15.9. The SMILES string of the molecule is CCCNC(=O)c1ccc(CN2CCn3cccc3[C@H]2c2ccc(F)cc2)o1. The number of amides is 1. The number of halogens is 1. The molecule has 2 aromatic heterocycles. The van der Waals surface area contributed by atoms with Crippen molar-refractivity contribution in [3.8, 4) is 0 Å². The first kappa shape index (κ1) is 18.5. The maximum absolute atomic E-state index is 13.4. The minimum Gasteiger partial charge on any atom is -0.455 e. The standard InChI is InChI=1S/C22H24FN3O2/c1-2-11-24-22(27)20-10-9-18(28-20)15-26-14-13-25-12-3-4-19(25)21(26)16-5-7-17(23)8-6-16/h3-10,12,21H,2,11,13-15H2,1H3,(H,24,27)/t21-/m1/s1. The Labute approximate surface area is 163 Å². The van der Waals surface area contributed by atoms with Gasteiger partial charge in [-0.1, -0.05) is 19.1 Å². The van der Waals surface area contributed by atoms with Crippen LogP contribution in [0.25, 0.3) is 0 Å². The summed E-state index contributed by atoms with van der Waals surface area (Å²) in [5.74, 6) is 0.655. The van der Waals surface area contributed by atoms with E-state index in [1.807, 2.05) is 31.2 Å². The second kappa shape index (κ2) is 8.02. The van der Waals surface area contributed by atoms with Gasteiger partial charge < -0.3 is 14.3 Å². The lowest BCUT2D eigenvalue weighted by atomic mass is 9.99. The smallest absolute Gasteiger partial charge is 0.286 e. The molecule has 1 atom stereocenters. The van der Waals surface area contributed by atoms with E-state index in [2.05, 4.69) is 27.0 Å². The van der Waals surface area contributed by atoms with Gasteiger partial charge in [0.25, 0.3) is 5.91 Å². The van der Waals surface area contributed by atoms with Crippen LogP contribution in [0.4, 0.5) is 4.39 Å². The Kier molecular flexibility index (Phi) is 5.30. The molecule has 1 aliphatic heterocycles. The van der Waals surface area contributed by atoms with Crippen LogP contribution >= 0.6 is 0 Å². The van der Waals surface area contributed by atoms with E-state index in [1.165, 1.54) is 17.8 Å². The molecule has 0 aliphatic carbocycles. The Balaban J connectivity index is 1.57. The first-order chi connectivity index (χ1) is 13.7. The highest BCUT2D eigenvalue weighted by molar-refractivity contribution is 5.91. The maximum Gasteiger partial charge on any atom is 0.286 e. The third-order valence-corrected chi connectivity index (χ3v) is 5.10. The first-order valence-corrected chi connectivity index (χ1v) is 9.67. The molecule has 3 heterocycles. The number of fused-ring (bicyclic) bond motifs is 1. The van der Waals surface area contributed by atoms with Gasteiger partial charge in [-0.2, -0.15) is 0 Å². The molecule has 0 saturated carbocycles. The molecule has 1 aromatic carbocycles. The van der Waals surface area contributed by atoms with Crippen molar-refractivity contribution in [3.63, 3.8) is 0 Å². The molecule has 5 nitrogen and oxygen atoms in total. The summed E-state index contributed by atoms with van der Waals surface area (Å²) in [6.07, 6.45) is 2.96. The minimum atomic E-state index is -0.240. The monoisotopic (exact) mass is 381 g/mol. The molecule has 0 bridgehead atoms. The van der Waals surface area contributed by atoms with Gasteiger partial charge in [0.1, 0.15) is 11.6 Å². The van der Waals surface area contributed by atoms with Gasteiger partial charge in [0.2, 0.25) is 0 Å². The molecule has 0 fully saturated rings. The summed E-state index contributed by atoms with van der Waals surface area (Å²) in [5, 5.41) is 2.83. The average Bonchev–Trinajstić information content (AvgIpc) is 3.36. The normalized spacial score (nSPS) is 16.7. The summed E-state index contributed by atoms with van der Waals surface area (Å²) < 4.78 is 21.5. The lowest BCUT2D eigenvalue weighted by molar-refractivity contribution is 0.0919. The number of benzene rings is 1. The second-order valence-electron chi connectivity index (χ2n) is 7.07. The number of carbonyl (C=O) groups excluding carboxylic acids is 1. The highest BCUT2D eigenvalue weighted by Crippen LogP contribution is 2.33. The van der Waals surface area contributed by atoms with Crippen molar-refractivity contribution in [2.24, 2.45) is 0 Å². The van der Waals surface area contributed by atoms with Crippen LogP contribution < -0.4 is 5.32 Å². The predicted octanol–water partition coefficient (Wildman–Crippen LogP) is 3.97. The molecule has 0 saturated heterocycles. The molecular weight excluding hydrogens is 357 g/mol. The predicted molar refractivity (Wildman–Crippen MR) is 104 cm³/mol. The fourth-order valence-electron chi connectivity index (χ4n) is 3.74. The van der Waals surface area contributed by atoms with E-state index in [9.17, 15) is 9.18 Å². The molecular formula is C22H24FN3O2. The summed E-state index contributed by atoms with van der Waals surface area (Å²) in [4.78, 5) is 14.4. The molecule has 1 aliphatic rings. The van der Waals surface area contributed by atoms with Gasteiger partial charge in [0.15, 0.2) is 5.76 Å². The van der Waals surface area contributed by atoms with Crippen molar-refractivity contribution in [1.82, 2.24) is 14.8 Å². The second-order valence-corrected chi connectivity index (χ2v) is 7.07. The molecule has 6 heteroatoms. The average molecular weight is 381 g/mol. The number of hydrogen-bond donors (Lipinski definition) is 1. The van der Waals surface area contributed by atoms with E-state index in [-0.39, 0.29) is 17.8 Å². The molecule has 0 unspecified atom stereocenters. The molecule has 28 heavy (non-hydrogen) atoms. The van der Waals surface area contributed by atoms with Crippen LogP contribution in [0.3, 0.4) is 0 Å². The summed E-state index contributed by atoms with van der Waals surface area (Å²) in [6, 6.07) is 14.4. The van der Waals surface area contributed by atoms with Gasteiger partial charge in [0, 0.05) is 31.5 Å². The van der Waals surface area contributed by atoms with Crippen molar-refractivity contribution < 1.29 is 13.6 Å². The highest BCUT2D eigenvalue weighted by atomic mass is 19.1. The Morgan fingerprint density at radius 3 is 2.79 bits per heavy atom. The van der Waals surface area contributed by atoms with Crippen LogP contribution in [0.1, 0.15) is 47.0 Å². The van der Waals surface area contributed by atoms with Crippen molar-refractivity contribution in [2.45, 2.75) is 32.5 Å². The summed E-state index contributed by atoms with van der Waals surface area (Å²) in [6.45, 7) is 4.93. The molecule has 0 radical (unpaired) electrons. The summed E-state index contributed by atoms with van der Waals surface area (Å²) >= 11 is 0. The van der Waals surface area contributed by atoms with E-state index < -0.39 is 0 Å². The highest BCUT2D eigenvalue weighted by Gasteiger charge is 2.29. The lowest BCUT2D eigenvalue weighted by Gasteiger charge is -2.36. The van der Waals surface area contributed by atoms with Crippen molar-refractivity contribution in [3.05, 3.63) is 83.3 Å². The third-order valence-electron chi connectivity index (χ3n) is 5.10. The van der Waals surface area contributed by atoms with Gasteiger partial charge in [-0.05, 0) is 48.4 Å². The van der Waals surface area contributed by atoms with Crippen LogP contribution in [0.5, 0.6) is 0 Å². The van der Waals surface area contributed by atoms with Crippen molar-refractivity contribution >= 4 is 5.91 Å². The third kappa shape index (κ3) is 3.73. The molecule has 1 N–H and O–H groups in total. The number of furan rings is 1. The lowest BCUT2D eigenvalue weighted by Crippen LogP contribution is -2.37. The van der Waals surface area contributed by atoms with Gasteiger partial charge in [-0.25, -0.2) is 4.39 Å². The van der Waals surface area contributed by atoms with Gasteiger partial charge in [-0.3, -0.25) is 9.69 Å². The molecule has 3 aromatic rings. The fourth-order valence-corrected chi connectivity index (χ4v) is 3.74. The largest absolute Gasteiger partial charge is 0.455 e. The van der Waals surface area contributed by atoms with Crippen molar-refractivity contribution in [2.75, 3.05) is 13.1 Å². The van der Waals surface area contributed by atoms with E-state index >= 15 is 0 Å². The molecule has 1 amide bonds. The maximum atomic E-state index is 13.4. The Morgan fingerprint density at radius 2 is 2.00 bits per heavy atom. The van der Waals surface area contributed by atoms with Gasteiger partial charge >= 0.3 is 0 Å². The van der Waals surface area contributed by atoms with E-state index in [1.54, 1.807) is 6.07 Å². The topological polar surface area (TPSA) is 50.4 Å². The first-order valence-electron chi connectivity index (χ1n) is 9.67. The number of rotatable bonds is 6. The fraction of sp³-hybridized carbons (Fsp3) is 0.318. The molecule has 146 valence electrons. The van der Waals surface area contributed by atoms with Crippen molar-refractivity contribution in [1.29, 1.82) is 0 Å². The quantitative estimate of drug-likeness (QED) is 0.703. The van der Waals surface area contributed by atoms with E-state index in [0.29, 0.717) is 18.8 Å². The number of nitrogens with one attached hydrogen (secondary N) is 1. The number of hydrogen-bond acceptors (Lipinski definition) is 3. The van der Waals surface area contributed by atoms with Crippen LogP contribution in [0.15, 0.2) is 59.1 Å². The number of nitrogens with zero attached hydrogens (tertiary/aromatic N) is 2. The van der Waals surface area contributed by atoms with Crippen LogP contribution in [-0.2, 0) is 13.1 Å². The summed E-state index contributed by atoms with van der Waals surface area (Å²) in [5.41, 5.74) is 2.21. The number of carbonyl (C=O) groups is 1.